The summed E-state index contributed by atoms with van der Waals surface area (Å²) >= 11 is 0. The summed E-state index contributed by atoms with van der Waals surface area (Å²) in [5, 5.41) is 1.32. The smallest absolute Gasteiger partial charge is 0.334 e. The number of allylic oxidation sites excluding steroid dienone is 1. The van der Waals surface area contributed by atoms with E-state index in [2.05, 4.69) is 63.1 Å². The van der Waals surface area contributed by atoms with Crippen LogP contribution >= 0.6 is 0 Å². The second-order valence-electron chi connectivity index (χ2n) is 7.31. The van der Waals surface area contributed by atoms with Crippen LogP contribution in [0.5, 0.6) is 0 Å². The topological polar surface area (TPSA) is 35.5 Å². The number of esters is 1. The minimum Gasteiger partial charge on any atom is -0.467 e. The van der Waals surface area contributed by atoms with E-state index >= 15 is 0 Å². The number of hydrogen-bond donors (Lipinski definition) is 0. The molecular formula is C18H30O3Si2. The van der Waals surface area contributed by atoms with Crippen LogP contribution in [0.2, 0.25) is 38.3 Å². The first-order valence-corrected chi connectivity index (χ1v) is 14.6. The fraction of sp³-hybridized carbons (Fsp3) is 0.500. The molecule has 1 rings (SSSR count). The van der Waals surface area contributed by atoms with Crippen LogP contribution in [-0.4, -0.2) is 35.6 Å². The first-order valence-electron chi connectivity index (χ1n) is 8.07. The third kappa shape index (κ3) is 5.44. The zero-order valence-electron chi connectivity index (χ0n) is 15.4. The fourth-order valence-electron chi connectivity index (χ4n) is 2.75. The van der Waals surface area contributed by atoms with E-state index in [-0.39, 0.29) is 11.5 Å². The maximum Gasteiger partial charge on any atom is 0.334 e. The quantitative estimate of drug-likeness (QED) is 0.424. The van der Waals surface area contributed by atoms with Crippen LogP contribution in [0.3, 0.4) is 0 Å². The summed E-state index contributed by atoms with van der Waals surface area (Å²) in [7, 11) is -2.41. The van der Waals surface area contributed by atoms with Crippen molar-refractivity contribution in [1.29, 1.82) is 0 Å². The first-order chi connectivity index (χ1) is 10.6. The molecule has 5 heteroatoms. The number of hydrogen-bond acceptors (Lipinski definition) is 3. The predicted molar refractivity (Wildman–Crippen MR) is 102 cm³/mol. The SMILES string of the molecule is C/C=C/[C@@H]([C@@H](O[Si](C)(C)C)C(=O)OC)[Si](C)(C)c1ccccc1. The average Bonchev–Trinajstić information content (AvgIpc) is 2.49. The third-order valence-electron chi connectivity index (χ3n) is 3.99. The Kier molecular flexibility index (Phi) is 6.98. The number of carbonyl (C=O) groups is 1. The van der Waals surface area contributed by atoms with Crippen molar-refractivity contribution in [3.8, 4) is 0 Å². The minimum absolute atomic E-state index is 0.0362. The Balaban J connectivity index is 3.32. The van der Waals surface area contributed by atoms with Crippen LogP contribution < -0.4 is 5.19 Å². The maximum atomic E-state index is 12.4. The number of carbonyl (C=O) groups excluding carboxylic acids is 1. The standard InChI is InChI=1S/C18H30O3Si2/c1-8-12-16(17(18(19)20-2)21-22(3,4)5)23(6,7)15-13-10-9-11-14-15/h8-14,16-17H,1-7H3/b12-8+/t16-,17+/m0/s1. The van der Waals surface area contributed by atoms with E-state index in [1.165, 1.54) is 12.3 Å². The maximum absolute atomic E-state index is 12.4. The fourth-order valence-corrected chi connectivity index (χ4v) is 6.96. The molecule has 0 saturated heterocycles. The molecule has 0 fully saturated rings. The molecule has 0 radical (unpaired) electrons. The Morgan fingerprint density at radius 2 is 1.65 bits per heavy atom. The summed E-state index contributed by atoms with van der Waals surface area (Å²) in [6, 6.07) is 10.5. The van der Waals surface area contributed by atoms with Crippen LogP contribution in [0.15, 0.2) is 42.5 Å². The van der Waals surface area contributed by atoms with E-state index in [0.29, 0.717) is 0 Å². The lowest BCUT2D eigenvalue weighted by Crippen LogP contribution is -2.53. The summed E-state index contributed by atoms with van der Waals surface area (Å²) in [5.74, 6) is -0.271. The van der Waals surface area contributed by atoms with Gasteiger partial charge in [-0.2, -0.15) is 0 Å². The second kappa shape index (κ2) is 8.08. The Morgan fingerprint density at radius 1 is 1.09 bits per heavy atom. The highest BCUT2D eigenvalue weighted by Crippen LogP contribution is 2.32. The molecule has 0 unspecified atom stereocenters. The third-order valence-corrected chi connectivity index (χ3v) is 8.94. The lowest BCUT2D eigenvalue weighted by molar-refractivity contribution is -0.149. The van der Waals surface area contributed by atoms with Crippen LogP contribution in [0.4, 0.5) is 0 Å². The van der Waals surface area contributed by atoms with Gasteiger partial charge in [0, 0.05) is 5.54 Å². The zero-order valence-corrected chi connectivity index (χ0v) is 17.4. The molecule has 0 aliphatic heterocycles. The summed E-state index contributed by atoms with van der Waals surface area (Å²) in [5.41, 5.74) is 0.0362. The summed E-state index contributed by atoms with van der Waals surface area (Å²) < 4.78 is 11.3. The molecule has 2 atom stereocenters. The molecule has 1 aromatic rings. The van der Waals surface area contributed by atoms with Crippen LogP contribution in [-0.2, 0) is 14.0 Å². The Bertz CT molecular complexity index is 533. The molecule has 0 saturated carbocycles. The van der Waals surface area contributed by atoms with E-state index in [1.54, 1.807) is 0 Å². The Morgan fingerprint density at radius 3 is 2.09 bits per heavy atom. The first kappa shape index (κ1) is 19.9. The van der Waals surface area contributed by atoms with Gasteiger partial charge >= 0.3 is 5.97 Å². The van der Waals surface area contributed by atoms with Gasteiger partial charge in [0.25, 0.3) is 0 Å². The van der Waals surface area contributed by atoms with E-state index in [4.69, 9.17) is 9.16 Å². The molecule has 0 N–H and O–H groups in total. The van der Waals surface area contributed by atoms with Crippen LogP contribution in [0, 0.1) is 0 Å². The molecular weight excluding hydrogens is 320 g/mol. The molecule has 0 aliphatic rings. The highest BCUT2D eigenvalue weighted by molar-refractivity contribution is 6.91. The van der Waals surface area contributed by atoms with Crippen molar-refractivity contribution in [2.45, 2.75) is 51.3 Å². The van der Waals surface area contributed by atoms with Crippen molar-refractivity contribution in [1.82, 2.24) is 0 Å². The normalized spacial score (nSPS) is 15.4. The lowest BCUT2D eigenvalue weighted by Gasteiger charge is -2.38. The number of ether oxygens (including phenoxy) is 1. The highest BCUT2D eigenvalue weighted by Gasteiger charge is 2.43. The minimum atomic E-state index is -1.96. The number of methoxy groups -OCH3 is 1. The molecule has 1 aromatic carbocycles. The van der Waals surface area contributed by atoms with Crippen molar-refractivity contribution in [3.05, 3.63) is 42.5 Å². The average molecular weight is 351 g/mol. The number of benzene rings is 1. The van der Waals surface area contributed by atoms with Crippen molar-refractivity contribution in [3.63, 3.8) is 0 Å². The van der Waals surface area contributed by atoms with Gasteiger partial charge in [0.05, 0.1) is 15.2 Å². The monoisotopic (exact) mass is 350 g/mol. The molecule has 0 aromatic heterocycles. The van der Waals surface area contributed by atoms with Crippen molar-refractivity contribution >= 4 is 27.5 Å². The van der Waals surface area contributed by atoms with Crippen LogP contribution in [0.25, 0.3) is 0 Å². The Hall–Kier alpha value is -1.18. The van der Waals surface area contributed by atoms with Gasteiger partial charge in [0.1, 0.15) is 6.10 Å². The van der Waals surface area contributed by atoms with Gasteiger partial charge in [0.15, 0.2) is 8.32 Å². The van der Waals surface area contributed by atoms with E-state index in [0.717, 1.165) is 0 Å². The zero-order chi connectivity index (χ0) is 17.7. The lowest BCUT2D eigenvalue weighted by atomic mass is 10.2. The highest BCUT2D eigenvalue weighted by atomic mass is 28.4. The van der Waals surface area contributed by atoms with E-state index < -0.39 is 22.5 Å². The summed E-state index contributed by atoms with van der Waals surface area (Å²) in [6.07, 6.45) is 3.61. The molecule has 3 nitrogen and oxygen atoms in total. The van der Waals surface area contributed by atoms with Crippen LogP contribution in [0.1, 0.15) is 6.92 Å². The molecule has 0 spiro atoms. The molecule has 23 heavy (non-hydrogen) atoms. The molecule has 0 bridgehead atoms. The molecule has 0 aliphatic carbocycles. The van der Waals surface area contributed by atoms with Gasteiger partial charge in [-0.1, -0.05) is 60.8 Å². The van der Waals surface area contributed by atoms with Gasteiger partial charge in [0.2, 0.25) is 0 Å². The van der Waals surface area contributed by atoms with E-state index in [1.807, 2.05) is 19.1 Å². The summed E-state index contributed by atoms with van der Waals surface area (Å²) in [6.45, 7) is 12.9. The van der Waals surface area contributed by atoms with Gasteiger partial charge in [-0.15, -0.1) is 0 Å². The van der Waals surface area contributed by atoms with E-state index in [9.17, 15) is 4.79 Å². The van der Waals surface area contributed by atoms with Gasteiger partial charge in [-0.25, -0.2) is 4.79 Å². The largest absolute Gasteiger partial charge is 0.467 e. The molecule has 0 heterocycles. The predicted octanol–water partition coefficient (Wildman–Crippen LogP) is 3.94. The van der Waals surface area contributed by atoms with Gasteiger partial charge in [-0.3, -0.25) is 0 Å². The van der Waals surface area contributed by atoms with Gasteiger partial charge < -0.3 is 9.16 Å². The van der Waals surface area contributed by atoms with Crippen molar-refractivity contribution in [2.75, 3.05) is 7.11 Å². The van der Waals surface area contributed by atoms with Crippen molar-refractivity contribution in [2.24, 2.45) is 0 Å². The Labute approximate surface area is 142 Å². The van der Waals surface area contributed by atoms with Crippen molar-refractivity contribution < 1.29 is 14.0 Å². The second-order valence-corrected chi connectivity index (χ2v) is 16.5. The molecule has 128 valence electrons. The molecule has 0 amide bonds. The van der Waals surface area contributed by atoms with Gasteiger partial charge in [-0.05, 0) is 26.6 Å². The summed E-state index contributed by atoms with van der Waals surface area (Å²) in [4.78, 5) is 12.4. The number of rotatable bonds is 7.